The van der Waals surface area contributed by atoms with E-state index in [0.717, 1.165) is 24.2 Å². The molecule has 1 aliphatic carbocycles. The number of hydrogen-bond acceptors (Lipinski definition) is 3. The molecule has 5 heteroatoms. The van der Waals surface area contributed by atoms with Gasteiger partial charge in [-0.1, -0.05) is 6.07 Å². The maximum atomic E-state index is 12.4. The number of carbonyl (C=O) groups is 1. The van der Waals surface area contributed by atoms with Crippen molar-refractivity contribution >= 4 is 5.91 Å². The van der Waals surface area contributed by atoms with E-state index >= 15 is 0 Å². The van der Waals surface area contributed by atoms with Crippen molar-refractivity contribution in [3.8, 4) is 0 Å². The topological polar surface area (TPSA) is 83.8 Å². The summed E-state index contributed by atoms with van der Waals surface area (Å²) in [6, 6.07) is 6.00. The van der Waals surface area contributed by atoms with E-state index < -0.39 is 0 Å². The first kappa shape index (κ1) is 14.8. The molecule has 0 radical (unpaired) electrons. The summed E-state index contributed by atoms with van der Waals surface area (Å²) in [5.41, 5.74) is 11.0. The smallest absolute Gasteiger partial charge is 0.251 e. The van der Waals surface area contributed by atoms with Crippen LogP contribution < -0.4 is 11.1 Å². The second-order valence-corrected chi connectivity index (χ2v) is 5.90. The number of aromatic amines is 1. The first-order chi connectivity index (χ1) is 10.7. The Morgan fingerprint density at radius 3 is 3.09 bits per heavy atom. The second-order valence-electron chi connectivity index (χ2n) is 5.90. The number of aryl methyl sites for hydroxylation is 2. The number of H-pyrrole nitrogens is 1. The predicted molar refractivity (Wildman–Crippen MR) is 85.7 cm³/mol. The number of hydrogen-bond donors (Lipinski definition) is 3. The number of amides is 1. The van der Waals surface area contributed by atoms with E-state index in [-0.39, 0.29) is 5.91 Å². The minimum absolute atomic E-state index is 0.0634. The van der Waals surface area contributed by atoms with Gasteiger partial charge in [0, 0.05) is 11.3 Å². The van der Waals surface area contributed by atoms with Crippen LogP contribution in [0.2, 0.25) is 0 Å². The average molecular weight is 298 g/mol. The number of carbonyl (C=O) groups excluding carboxylic acids is 1. The number of benzene rings is 1. The van der Waals surface area contributed by atoms with Crippen LogP contribution in [0.3, 0.4) is 0 Å². The van der Waals surface area contributed by atoms with Gasteiger partial charge in [0.05, 0.1) is 18.6 Å². The molecular formula is C17H22N4O. The normalized spacial score (nSPS) is 17.1. The van der Waals surface area contributed by atoms with Crippen molar-refractivity contribution in [2.75, 3.05) is 6.54 Å². The lowest BCUT2D eigenvalue weighted by Crippen LogP contribution is -2.24. The molecule has 116 valence electrons. The lowest BCUT2D eigenvalue weighted by atomic mass is 9.82. The van der Waals surface area contributed by atoms with Crippen LogP contribution in [0.1, 0.15) is 51.6 Å². The number of rotatable bonds is 4. The average Bonchev–Trinajstić information content (AvgIpc) is 2.96. The summed E-state index contributed by atoms with van der Waals surface area (Å²) >= 11 is 0. The van der Waals surface area contributed by atoms with Crippen molar-refractivity contribution in [3.05, 3.63) is 52.6 Å². The summed E-state index contributed by atoms with van der Waals surface area (Å²) in [6.45, 7) is 3.02. The molecule has 1 unspecified atom stereocenters. The first-order valence-electron chi connectivity index (χ1n) is 7.79. The highest BCUT2D eigenvalue weighted by atomic mass is 16.1. The van der Waals surface area contributed by atoms with Gasteiger partial charge in [-0.3, -0.25) is 4.79 Å². The molecule has 0 spiro atoms. The fraction of sp³-hybridized carbons (Fsp3) is 0.412. The molecule has 3 rings (SSSR count). The van der Waals surface area contributed by atoms with Gasteiger partial charge in [-0.15, -0.1) is 0 Å². The van der Waals surface area contributed by atoms with Crippen LogP contribution in [0, 0.1) is 6.92 Å². The summed E-state index contributed by atoms with van der Waals surface area (Å²) in [5, 5.41) is 2.93. The van der Waals surface area contributed by atoms with Gasteiger partial charge in [-0.05, 0) is 61.9 Å². The van der Waals surface area contributed by atoms with E-state index in [1.807, 2.05) is 19.1 Å². The Kier molecular flexibility index (Phi) is 4.24. The Morgan fingerprint density at radius 2 is 2.36 bits per heavy atom. The fourth-order valence-corrected chi connectivity index (χ4v) is 3.11. The Labute approximate surface area is 130 Å². The molecular weight excluding hydrogens is 276 g/mol. The van der Waals surface area contributed by atoms with Gasteiger partial charge in [0.25, 0.3) is 5.91 Å². The lowest BCUT2D eigenvalue weighted by Gasteiger charge is -2.24. The Balaban J connectivity index is 1.74. The lowest BCUT2D eigenvalue weighted by molar-refractivity contribution is 0.0950. The van der Waals surface area contributed by atoms with Crippen LogP contribution in [0.4, 0.5) is 0 Å². The molecule has 0 aliphatic heterocycles. The number of imidazole rings is 1. The van der Waals surface area contributed by atoms with Gasteiger partial charge >= 0.3 is 0 Å². The second kappa shape index (κ2) is 6.32. The fourth-order valence-electron chi connectivity index (χ4n) is 3.11. The number of nitrogens with one attached hydrogen (secondary N) is 2. The van der Waals surface area contributed by atoms with Crippen LogP contribution in [-0.2, 0) is 13.0 Å². The zero-order valence-electron chi connectivity index (χ0n) is 12.9. The van der Waals surface area contributed by atoms with Gasteiger partial charge in [0.2, 0.25) is 0 Å². The molecule has 1 aromatic carbocycles. The van der Waals surface area contributed by atoms with E-state index in [9.17, 15) is 4.79 Å². The van der Waals surface area contributed by atoms with E-state index in [1.54, 1.807) is 6.33 Å². The summed E-state index contributed by atoms with van der Waals surface area (Å²) in [7, 11) is 0. The summed E-state index contributed by atoms with van der Waals surface area (Å²) in [4.78, 5) is 19.6. The van der Waals surface area contributed by atoms with Crippen molar-refractivity contribution in [1.29, 1.82) is 0 Å². The highest BCUT2D eigenvalue weighted by Gasteiger charge is 2.20. The molecule has 0 bridgehead atoms. The summed E-state index contributed by atoms with van der Waals surface area (Å²) in [5.74, 6) is 0.316. The molecule has 4 N–H and O–H groups in total. The third kappa shape index (κ3) is 2.90. The molecule has 0 saturated heterocycles. The van der Waals surface area contributed by atoms with Crippen LogP contribution in [-0.4, -0.2) is 22.4 Å². The molecule has 1 amide bonds. The van der Waals surface area contributed by atoms with Crippen molar-refractivity contribution in [1.82, 2.24) is 15.3 Å². The number of aromatic nitrogens is 2. The SMILES string of the molecule is Cc1[nH]cnc1CNC(=O)c1ccc2c(c1)C(CN)CCC2. The van der Waals surface area contributed by atoms with Crippen LogP contribution in [0.15, 0.2) is 24.5 Å². The molecule has 0 saturated carbocycles. The van der Waals surface area contributed by atoms with Crippen molar-refractivity contribution < 1.29 is 4.79 Å². The molecule has 1 aliphatic rings. The number of fused-ring (bicyclic) bond motifs is 1. The first-order valence-corrected chi connectivity index (χ1v) is 7.79. The monoisotopic (exact) mass is 298 g/mol. The van der Waals surface area contributed by atoms with Gasteiger partial charge in [0.15, 0.2) is 0 Å². The van der Waals surface area contributed by atoms with Crippen molar-refractivity contribution in [2.24, 2.45) is 5.73 Å². The van der Waals surface area contributed by atoms with Crippen LogP contribution in [0.25, 0.3) is 0 Å². The van der Waals surface area contributed by atoms with E-state index in [2.05, 4.69) is 21.4 Å². The van der Waals surface area contributed by atoms with E-state index in [4.69, 9.17) is 5.73 Å². The minimum Gasteiger partial charge on any atom is -0.348 e. The zero-order valence-corrected chi connectivity index (χ0v) is 12.9. The zero-order chi connectivity index (χ0) is 15.5. The quantitative estimate of drug-likeness (QED) is 0.807. The summed E-state index contributed by atoms with van der Waals surface area (Å²) in [6.07, 6.45) is 5.02. The molecule has 1 aromatic heterocycles. The van der Waals surface area contributed by atoms with Crippen LogP contribution >= 0.6 is 0 Å². The predicted octanol–water partition coefficient (Wildman–Crippen LogP) is 2.03. The number of nitrogens with zero attached hydrogens (tertiary/aromatic N) is 1. The number of nitrogens with two attached hydrogens (primary N) is 1. The van der Waals surface area contributed by atoms with Gasteiger partial charge in [0.1, 0.15) is 0 Å². The molecule has 1 atom stereocenters. The molecule has 1 heterocycles. The Bertz CT molecular complexity index is 677. The van der Waals surface area contributed by atoms with Crippen molar-refractivity contribution in [3.63, 3.8) is 0 Å². The maximum Gasteiger partial charge on any atom is 0.251 e. The standard InChI is InChI=1S/C17H22N4O/c1-11-16(21-10-20-11)9-19-17(22)13-6-5-12-3-2-4-14(8-18)15(12)7-13/h5-7,10,14H,2-4,8-9,18H2,1H3,(H,19,22)(H,20,21). The Morgan fingerprint density at radius 1 is 1.50 bits per heavy atom. The maximum absolute atomic E-state index is 12.4. The molecule has 2 aromatic rings. The third-order valence-corrected chi connectivity index (χ3v) is 4.48. The minimum atomic E-state index is -0.0634. The molecule has 0 fully saturated rings. The van der Waals surface area contributed by atoms with Gasteiger partial charge in [-0.25, -0.2) is 4.98 Å². The third-order valence-electron chi connectivity index (χ3n) is 4.48. The summed E-state index contributed by atoms with van der Waals surface area (Å²) < 4.78 is 0. The Hall–Kier alpha value is -2.14. The molecule has 22 heavy (non-hydrogen) atoms. The molecule has 5 nitrogen and oxygen atoms in total. The van der Waals surface area contributed by atoms with E-state index in [0.29, 0.717) is 24.6 Å². The van der Waals surface area contributed by atoms with Gasteiger partial charge < -0.3 is 16.0 Å². The van der Waals surface area contributed by atoms with E-state index in [1.165, 1.54) is 17.5 Å². The highest BCUT2D eigenvalue weighted by Crippen LogP contribution is 2.31. The van der Waals surface area contributed by atoms with Crippen LogP contribution in [0.5, 0.6) is 0 Å². The highest BCUT2D eigenvalue weighted by molar-refractivity contribution is 5.94. The van der Waals surface area contributed by atoms with Gasteiger partial charge in [-0.2, -0.15) is 0 Å². The largest absolute Gasteiger partial charge is 0.348 e. The van der Waals surface area contributed by atoms with Crippen molar-refractivity contribution in [2.45, 2.75) is 38.6 Å².